The van der Waals surface area contributed by atoms with Crippen molar-refractivity contribution in [2.24, 2.45) is 5.92 Å². The summed E-state index contributed by atoms with van der Waals surface area (Å²) < 4.78 is 1.73. The number of rotatable bonds is 6. The Bertz CT molecular complexity index is 777. The number of piperidine rings is 1. The van der Waals surface area contributed by atoms with E-state index in [1.54, 1.807) is 10.9 Å². The number of likely N-dealkylation sites (tertiary alicyclic amines) is 1. The van der Waals surface area contributed by atoms with E-state index in [9.17, 15) is 9.59 Å². The van der Waals surface area contributed by atoms with E-state index in [0.29, 0.717) is 25.4 Å². The minimum atomic E-state index is -0.963. The average Bonchev–Trinajstić information content (AvgIpc) is 3.17. The minimum Gasteiger partial charge on any atom is -0.478 e. The molecule has 27 heavy (non-hydrogen) atoms. The van der Waals surface area contributed by atoms with Gasteiger partial charge in [0.1, 0.15) is 0 Å². The van der Waals surface area contributed by atoms with Crippen LogP contribution in [-0.4, -0.2) is 44.8 Å². The molecule has 2 heterocycles. The average molecular weight is 369 g/mol. The Kier molecular flexibility index (Phi) is 5.94. The van der Waals surface area contributed by atoms with Gasteiger partial charge in [0.25, 0.3) is 0 Å². The van der Waals surface area contributed by atoms with Gasteiger partial charge >= 0.3 is 5.97 Å². The molecule has 1 aromatic carbocycles. The highest BCUT2D eigenvalue weighted by Gasteiger charge is 2.27. The van der Waals surface area contributed by atoms with Crippen molar-refractivity contribution in [3.8, 4) is 0 Å². The number of hydrogen-bond donors (Lipinski definition) is 1. The van der Waals surface area contributed by atoms with Crippen LogP contribution in [0, 0.1) is 5.92 Å². The van der Waals surface area contributed by atoms with Gasteiger partial charge in [0.15, 0.2) is 0 Å². The van der Waals surface area contributed by atoms with Crippen molar-refractivity contribution < 1.29 is 14.7 Å². The zero-order valence-electron chi connectivity index (χ0n) is 15.9. The molecule has 1 atom stereocenters. The molecule has 1 N–H and O–H groups in total. The summed E-state index contributed by atoms with van der Waals surface area (Å²) in [4.78, 5) is 25.8. The molecule has 1 aliphatic heterocycles. The van der Waals surface area contributed by atoms with Crippen LogP contribution in [0.1, 0.15) is 61.0 Å². The monoisotopic (exact) mass is 369 g/mol. The second kappa shape index (κ2) is 8.37. The second-order valence-corrected chi connectivity index (χ2v) is 7.59. The highest BCUT2D eigenvalue weighted by molar-refractivity contribution is 5.86. The Balaban J connectivity index is 1.58. The van der Waals surface area contributed by atoms with Crippen molar-refractivity contribution in [2.45, 2.75) is 45.1 Å². The minimum absolute atomic E-state index is 0.150. The summed E-state index contributed by atoms with van der Waals surface area (Å²) in [5.74, 6) is -0.148. The smallest absolute Gasteiger partial charge is 0.338 e. The Morgan fingerprint density at radius 1 is 1.19 bits per heavy atom. The Hall–Kier alpha value is -2.63. The number of amides is 1. The number of benzene rings is 1. The molecule has 0 aliphatic carbocycles. The number of carboxylic acid groups (broad SMARTS) is 1. The van der Waals surface area contributed by atoms with Crippen molar-refractivity contribution in [3.63, 3.8) is 0 Å². The molecule has 0 spiro atoms. The van der Waals surface area contributed by atoms with Crippen molar-refractivity contribution in [3.05, 3.63) is 53.9 Å². The lowest BCUT2D eigenvalue weighted by atomic mass is 9.85. The van der Waals surface area contributed by atoms with Crippen molar-refractivity contribution in [1.82, 2.24) is 14.7 Å². The fourth-order valence-corrected chi connectivity index (χ4v) is 3.78. The third-order valence-electron chi connectivity index (χ3n) is 5.47. The van der Waals surface area contributed by atoms with Crippen LogP contribution in [0.3, 0.4) is 0 Å². The fourth-order valence-electron chi connectivity index (χ4n) is 3.78. The van der Waals surface area contributed by atoms with Crippen molar-refractivity contribution >= 4 is 11.9 Å². The zero-order chi connectivity index (χ0) is 19.4. The van der Waals surface area contributed by atoms with Crippen LogP contribution in [0.25, 0.3) is 0 Å². The number of carbonyl (C=O) groups is 2. The van der Waals surface area contributed by atoms with Gasteiger partial charge < -0.3 is 10.0 Å². The first kappa shape index (κ1) is 19.1. The zero-order valence-corrected chi connectivity index (χ0v) is 15.9. The van der Waals surface area contributed by atoms with Gasteiger partial charge in [-0.05, 0) is 30.2 Å². The third kappa shape index (κ3) is 4.56. The summed E-state index contributed by atoms with van der Waals surface area (Å²) in [6, 6.07) is 10.4. The molecule has 2 aromatic rings. The van der Waals surface area contributed by atoms with Gasteiger partial charge in [0.2, 0.25) is 5.91 Å². The predicted octanol–water partition coefficient (Wildman–Crippen LogP) is 3.57. The molecule has 1 fully saturated rings. The molecule has 6 nitrogen and oxygen atoms in total. The lowest BCUT2D eigenvalue weighted by molar-refractivity contribution is -0.133. The molecule has 0 radical (unpaired) electrons. The Morgan fingerprint density at radius 2 is 1.85 bits per heavy atom. The summed E-state index contributed by atoms with van der Waals surface area (Å²) in [5.41, 5.74) is 1.42. The van der Waals surface area contributed by atoms with Gasteiger partial charge in [-0.3, -0.25) is 9.48 Å². The van der Waals surface area contributed by atoms with Crippen LogP contribution >= 0.6 is 0 Å². The maximum Gasteiger partial charge on any atom is 0.338 e. The van der Waals surface area contributed by atoms with E-state index in [4.69, 9.17) is 5.11 Å². The van der Waals surface area contributed by atoms with E-state index in [-0.39, 0.29) is 23.4 Å². The molecule has 6 heteroatoms. The van der Waals surface area contributed by atoms with E-state index in [1.807, 2.05) is 23.1 Å². The lowest BCUT2D eigenvalue weighted by Gasteiger charge is -2.33. The molecule has 1 aliphatic rings. The SMILES string of the molecule is CC(C)C(CC(=O)N1CCC(n2cc(C(=O)O)cn2)CC1)c1ccccc1. The molecule has 0 bridgehead atoms. The van der Waals surface area contributed by atoms with E-state index in [2.05, 4.69) is 31.1 Å². The number of nitrogens with zero attached hydrogens (tertiary/aromatic N) is 3. The van der Waals surface area contributed by atoms with Crippen molar-refractivity contribution in [2.75, 3.05) is 13.1 Å². The van der Waals surface area contributed by atoms with Gasteiger partial charge in [-0.1, -0.05) is 44.2 Å². The first-order valence-corrected chi connectivity index (χ1v) is 9.56. The number of carbonyl (C=O) groups excluding carboxylic acids is 1. The lowest BCUT2D eigenvalue weighted by Crippen LogP contribution is -2.40. The van der Waals surface area contributed by atoms with Crippen LogP contribution in [-0.2, 0) is 4.79 Å². The molecule has 1 aromatic heterocycles. The summed E-state index contributed by atoms with van der Waals surface area (Å²) in [7, 11) is 0. The first-order chi connectivity index (χ1) is 13.0. The van der Waals surface area contributed by atoms with Gasteiger partial charge in [0.05, 0.1) is 17.8 Å². The molecule has 3 rings (SSSR count). The molecular weight excluding hydrogens is 342 g/mol. The van der Waals surface area contributed by atoms with Gasteiger partial charge in [-0.15, -0.1) is 0 Å². The summed E-state index contributed by atoms with van der Waals surface area (Å²) in [6.07, 6.45) is 5.08. The Morgan fingerprint density at radius 3 is 2.41 bits per heavy atom. The highest BCUT2D eigenvalue weighted by Crippen LogP contribution is 2.30. The van der Waals surface area contributed by atoms with E-state index in [0.717, 1.165) is 12.8 Å². The van der Waals surface area contributed by atoms with Crippen molar-refractivity contribution in [1.29, 1.82) is 0 Å². The maximum absolute atomic E-state index is 12.8. The summed E-state index contributed by atoms with van der Waals surface area (Å²) >= 11 is 0. The van der Waals surface area contributed by atoms with E-state index < -0.39 is 5.97 Å². The van der Waals surface area contributed by atoms with E-state index in [1.165, 1.54) is 11.8 Å². The standard InChI is InChI=1S/C21H27N3O3/c1-15(2)19(16-6-4-3-5-7-16)12-20(25)23-10-8-18(9-11-23)24-14-17(13-22-24)21(26)27/h3-7,13-15,18-19H,8-12H2,1-2H3,(H,26,27). The van der Waals surface area contributed by atoms with Crippen LogP contribution < -0.4 is 0 Å². The number of aromatic nitrogens is 2. The van der Waals surface area contributed by atoms with Crippen LogP contribution in [0.5, 0.6) is 0 Å². The molecule has 1 unspecified atom stereocenters. The topological polar surface area (TPSA) is 75.4 Å². The highest BCUT2D eigenvalue weighted by atomic mass is 16.4. The molecule has 144 valence electrons. The van der Waals surface area contributed by atoms with Gasteiger partial charge in [0, 0.05) is 25.7 Å². The van der Waals surface area contributed by atoms with Crippen LogP contribution in [0.2, 0.25) is 0 Å². The molecular formula is C21H27N3O3. The largest absolute Gasteiger partial charge is 0.478 e. The van der Waals surface area contributed by atoms with E-state index >= 15 is 0 Å². The molecule has 1 saturated heterocycles. The maximum atomic E-state index is 12.8. The van der Waals surface area contributed by atoms with Crippen LogP contribution in [0.4, 0.5) is 0 Å². The summed E-state index contributed by atoms with van der Waals surface area (Å²) in [5, 5.41) is 13.2. The van der Waals surface area contributed by atoms with Crippen LogP contribution in [0.15, 0.2) is 42.7 Å². The number of hydrogen-bond acceptors (Lipinski definition) is 3. The fraction of sp³-hybridized carbons (Fsp3) is 0.476. The summed E-state index contributed by atoms with van der Waals surface area (Å²) in [6.45, 7) is 5.70. The molecule has 0 saturated carbocycles. The quantitative estimate of drug-likeness (QED) is 0.844. The first-order valence-electron chi connectivity index (χ1n) is 9.56. The number of aromatic carboxylic acids is 1. The van der Waals surface area contributed by atoms with Gasteiger partial charge in [-0.25, -0.2) is 4.79 Å². The number of carboxylic acids is 1. The third-order valence-corrected chi connectivity index (χ3v) is 5.47. The molecule has 1 amide bonds. The normalized spacial score (nSPS) is 16.5. The predicted molar refractivity (Wildman–Crippen MR) is 103 cm³/mol. The Labute approximate surface area is 159 Å². The second-order valence-electron chi connectivity index (χ2n) is 7.59. The van der Waals surface area contributed by atoms with Gasteiger partial charge in [-0.2, -0.15) is 5.10 Å².